The van der Waals surface area contributed by atoms with Gasteiger partial charge in [-0.15, -0.1) is 0 Å². The molecule has 37 heavy (non-hydrogen) atoms. The van der Waals surface area contributed by atoms with Gasteiger partial charge in [0.1, 0.15) is 0 Å². The first-order valence-corrected chi connectivity index (χ1v) is 14.4. The number of carbonyl (C=O) groups is 2. The molecule has 1 aromatic heterocycles. The minimum Gasteiger partial charge on any atom is -0.382 e. The van der Waals surface area contributed by atoms with E-state index >= 15 is 0 Å². The lowest BCUT2D eigenvalue weighted by Gasteiger charge is -2.36. The van der Waals surface area contributed by atoms with Crippen molar-refractivity contribution in [1.29, 1.82) is 0 Å². The molecule has 1 aliphatic rings. The number of benzene rings is 1. The summed E-state index contributed by atoms with van der Waals surface area (Å²) in [6.45, 7) is 7.50. The van der Waals surface area contributed by atoms with Crippen LogP contribution in [0.1, 0.15) is 89.3 Å². The minimum absolute atomic E-state index is 0.0691. The van der Waals surface area contributed by atoms with Crippen molar-refractivity contribution in [3.8, 4) is 0 Å². The van der Waals surface area contributed by atoms with E-state index in [1.165, 1.54) is 12.0 Å². The van der Waals surface area contributed by atoms with Crippen molar-refractivity contribution in [1.82, 2.24) is 14.4 Å². The van der Waals surface area contributed by atoms with E-state index in [1.54, 1.807) is 4.90 Å². The second-order valence-electron chi connectivity index (χ2n) is 10.2. The molecule has 0 N–H and O–H groups in total. The van der Waals surface area contributed by atoms with Crippen molar-refractivity contribution in [3.05, 3.63) is 59.9 Å². The molecule has 0 aliphatic heterocycles. The molecule has 0 atom stereocenters. The van der Waals surface area contributed by atoms with Gasteiger partial charge >= 0.3 is 0 Å². The molecule has 1 aliphatic carbocycles. The Bertz CT molecular complexity index is 921. The largest absolute Gasteiger partial charge is 0.382 e. The molecular weight excluding hydrogens is 462 g/mol. The summed E-state index contributed by atoms with van der Waals surface area (Å²) in [7, 11) is 0. The molecule has 1 fully saturated rings. The number of hydrogen-bond acceptors (Lipinski definition) is 3. The molecule has 1 saturated carbocycles. The molecule has 0 saturated heterocycles. The lowest BCUT2D eigenvalue weighted by molar-refractivity contribution is -0.143. The highest BCUT2D eigenvalue weighted by Crippen LogP contribution is 2.25. The van der Waals surface area contributed by atoms with Gasteiger partial charge in [0.25, 0.3) is 0 Å². The van der Waals surface area contributed by atoms with Gasteiger partial charge in [0, 0.05) is 50.7 Å². The average Bonchev–Trinajstić information content (AvgIpc) is 3.36. The van der Waals surface area contributed by atoms with Gasteiger partial charge in [-0.1, -0.05) is 69.4 Å². The lowest BCUT2D eigenvalue weighted by atomic mass is 9.94. The fourth-order valence-electron chi connectivity index (χ4n) is 5.25. The smallest absolute Gasteiger partial charge is 0.242 e. The predicted octanol–water partition coefficient (Wildman–Crippen LogP) is 6.03. The van der Waals surface area contributed by atoms with E-state index in [9.17, 15) is 9.59 Å². The Morgan fingerprint density at radius 3 is 2.46 bits per heavy atom. The molecule has 1 aromatic carbocycles. The van der Waals surface area contributed by atoms with Crippen LogP contribution >= 0.6 is 0 Å². The molecule has 0 radical (unpaired) electrons. The number of hydrogen-bond donors (Lipinski definition) is 0. The maximum absolute atomic E-state index is 13.9. The third-order valence-electron chi connectivity index (χ3n) is 7.38. The summed E-state index contributed by atoms with van der Waals surface area (Å²) < 4.78 is 7.75. The standard InChI is InChI=1S/C31H47N3O3/c1-3-5-8-20-30(35)33(22-14-23-37-4-2)26-31(36)34(28-17-11-7-12-18-28)25-29-19-13-21-32(29)24-27-15-9-6-10-16-27/h6,9-10,13,15-16,19,21,28H,3-5,7-8,11-12,14,17-18,20,22-26H2,1-2H3. The fraction of sp³-hybridized carbons (Fsp3) is 0.613. The van der Waals surface area contributed by atoms with Crippen LogP contribution in [-0.2, 0) is 27.4 Å². The zero-order valence-corrected chi connectivity index (χ0v) is 23.1. The number of nitrogens with zero attached hydrogens (tertiary/aromatic N) is 3. The zero-order chi connectivity index (χ0) is 26.3. The van der Waals surface area contributed by atoms with E-state index in [4.69, 9.17) is 4.74 Å². The Kier molecular flexibility index (Phi) is 12.7. The summed E-state index contributed by atoms with van der Waals surface area (Å²) >= 11 is 0. The van der Waals surface area contributed by atoms with Gasteiger partial charge in [0.05, 0.1) is 13.1 Å². The van der Waals surface area contributed by atoms with E-state index in [-0.39, 0.29) is 24.4 Å². The number of carbonyl (C=O) groups excluding carboxylic acids is 2. The van der Waals surface area contributed by atoms with Crippen molar-refractivity contribution < 1.29 is 14.3 Å². The molecule has 0 bridgehead atoms. The maximum Gasteiger partial charge on any atom is 0.242 e. The predicted molar refractivity (Wildman–Crippen MR) is 149 cm³/mol. The van der Waals surface area contributed by atoms with Crippen LogP contribution in [0, 0.1) is 0 Å². The Hall–Kier alpha value is -2.60. The number of amides is 2. The van der Waals surface area contributed by atoms with Crippen molar-refractivity contribution in [2.24, 2.45) is 0 Å². The topological polar surface area (TPSA) is 54.8 Å². The third kappa shape index (κ3) is 9.66. The lowest BCUT2D eigenvalue weighted by Crippen LogP contribution is -2.48. The second kappa shape index (κ2) is 16.3. The van der Waals surface area contributed by atoms with E-state index in [1.807, 2.05) is 13.0 Å². The fourth-order valence-corrected chi connectivity index (χ4v) is 5.25. The van der Waals surface area contributed by atoms with Crippen LogP contribution in [-0.4, -0.2) is 58.5 Å². The minimum atomic E-state index is 0.0691. The van der Waals surface area contributed by atoms with Crippen LogP contribution in [0.15, 0.2) is 48.7 Å². The van der Waals surface area contributed by atoms with E-state index < -0.39 is 0 Å². The molecule has 0 spiro atoms. The monoisotopic (exact) mass is 509 g/mol. The van der Waals surface area contributed by atoms with Crippen molar-refractivity contribution in [2.75, 3.05) is 26.3 Å². The van der Waals surface area contributed by atoms with Gasteiger partial charge in [-0.05, 0) is 50.3 Å². The quantitative estimate of drug-likeness (QED) is 0.260. The molecule has 204 valence electrons. The highest BCUT2D eigenvalue weighted by atomic mass is 16.5. The van der Waals surface area contributed by atoms with Crippen LogP contribution in [0.5, 0.6) is 0 Å². The van der Waals surface area contributed by atoms with Crippen LogP contribution < -0.4 is 0 Å². The summed E-state index contributed by atoms with van der Waals surface area (Å²) in [5.74, 6) is 0.161. The van der Waals surface area contributed by atoms with Crippen LogP contribution in [0.25, 0.3) is 0 Å². The van der Waals surface area contributed by atoms with Crippen molar-refractivity contribution >= 4 is 11.8 Å². The Morgan fingerprint density at radius 2 is 1.73 bits per heavy atom. The summed E-state index contributed by atoms with van der Waals surface area (Å²) in [5.41, 5.74) is 2.38. The van der Waals surface area contributed by atoms with E-state index in [2.05, 4.69) is 59.0 Å². The molecule has 6 heteroatoms. The number of unbranched alkanes of at least 4 members (excludes halogenated alkanes) is 2. The average molecular weight is 510 g/mol. The summed E-state index contributed by atoms with van der Waals surface area (Å²) in [6, 6.07) is 14.9. The molecule has 6 nitrogen and oxygen atoms in total. The van der Waals surface area contributed by atoms with E-state index in [0.717, 1.165) is 63.6 Å². The number of aromatic nitrogens is 1. The molecular formula is C31H47N3O3. The zero-order valence-electron chi connectivity index (χ0n) is 23.1. The first kappa shape index (κ1) is 29.0. The maximum atomic E-state index is 13.9. The van der Waals surface area contributed by atoms with Gasteiger partial charge < -0.3 is 19.1 Å². The Labute approximate surface area is 224 Å². The van der Waals surface area contributed by atoms with Crippen molar-refractivity contribution in [2.45, 2.75) is 97.2 Å². The number of ether oxygens (including phenoxy) is 1. The molecule has 2 aromatic rings. The highest BCUT2D eigenvalue weighted by molar-refractivity contribution is 5.85. The van der Waals surface area contributed by atoms with Gasteiger partial charge in [0.2, 0.25) is 11.8 Å². The second-order valence-corrected chi connectivity index (χ2v) is 10.2. The summed E-state index contributed by atoms with van der Waals surface area (Å²) in [4.78, 5) is 30.8. The van der Waals surface area contributed by atoms with Gasteiger partial charge in [-0.3, -0.25) is 9.59 Å². The Balaban J connectivity index is 1.73. The normalized spacial score (nSPS) is 14.0. The highest BCUT2D eigenvalue weighted by Gasteiger charge is 2.28. The van der Waals surface area contributed by atoms with Gasteiger partial charge in [-0.2, -0.15) is 0 Å². The van der Waals surface area contributed by atoms with E-state index in [0.29, 0.717) is 32.7 Å². The first-order chi connectivity index (χ1) is 18.1. The SMILES string of the molecule is CCCCCC(=O)N(CCCOCC)CC(=O)N(Cc1cccn1Cc1ccccc1)C1CCCCC1. The molecule has 2 amide bonds. The van der Waals surface area contributed by atoms with Crippen LogP contribution in [0.4, 0.5) is 0 Å². The molecule has 1 heterocycles. The van der Waals surface area contributed by atoms with Gasteiger partial charge in [-0.25, -0.2) is 0 Å². The van der Waals surface area contributed by atoms with Crippen molar-refractivity contribution in [3.63, 3.8) is 0 Å². The molecule has 3 rings (SSSR count). The third-order valence-corrected chi connectivity index (χ3v) is 7.38. The number of rotatable bonds is 16. The summed E-state index contributed by atoms with van der Waals surface area (Å²) in [5, 5.41) is 0. The molecule has 0 unspecified atom stereocenters. The Morgan fingerprint density at radius 1 is 0.946 bits per heavy atom. The first-order valence-electron chi connectivity index (χ1n) is 14.4. The van der Waals surface area contributed by atoms with Crippen LogP contribution in [0.2, 0.25) is 0 Å². The van der Waals surface area contributed by atoms with Crippen LogP contribution in [0.3, 0.4) is 0 Å². The summed E-state index contributed by atoms with van der Waals surface area (Å²) in [6.07, 6.45) is 12.0. The van der Waals surface area contributed by atoms with Gasteiger partial charge in [0.15, 0.2) is 0 Å².